The van der Waals surface area contributed by atoms with Gasteiger partial charge >= 0.3 is 0 Å². The number of phenols is 1. The van der Waals surface area contributed by atoms with Crippen molar-refractivity contribution in [3.05, 3.63) is 82.4 Å². The van der Waals surface area contributed by atoms with Crippen molar-refractivity contribution in [2.24, 2.45) is 5.92 Å². The molecule has 3 atom stereocenters. The van der Waals surface area contributed by atoms with E-state index in [1.165, 1.54) is 0 Å². The molecule has 2 aromatic rings. The van der Waals surface area contributed by atoms with E-state index in [4.69, 9.17) is 0 Å². The quantitative estimate of drug-likeness (QED) is 0.452. The molecule has 0 aliphatic carbocycles. The summed E-state index contributed by atoms with van der Waals surface area (Å²) in [4.78, 5) is 0. The molecule has 0 heterocycles. The largest absolute Gasteiger partial charge is 0.507 e. The number of allylic oxidation sites excluding steroid dienone is 1. The van der Waals surface area contributed by atoms with Gasteiger partial charge in [-0.05, 0) is 43.0 Å². The zero-order chi connectivity index (χ0) is 19.8. The van der Waals surface area contributed by atoms with E-state index < -0.39 is 18.1 Å². The third kappa shape index (κ3) is 6.06. The highest BCUT2D eigenvalue weighted by Gasteiger charge is 2.25. The second kappa shape index (κ2) is 10.5. The number of rotatable bonds is 9. The van der Waals surface area contributed by atoms with Crippen LogP contribution in [-0.2, 0) is 0 Å². The third-order valence-electron chi connectivity index (χ3n) is 4.79. The van der Waals surface area contributed by atoms with Gasteiger partial charge in [0, 0.05) is 16.0 Å². The molecule has 0 bridgehead atoms. The van der Waals surface area contributed by atoms with E-state index in [0.717, 1.165) is 27.6 Å². The zero-order valence-electron chi connectivity index (χ0n) is 15.6. The summed E-state index contributed by atoms with van der Waals surface area (Å²) in [5.41, 5.74) is 2.64. The third-order valence-corrected chi connectivity index (χ3v) is 5.28. The molecule has 0 fully saturated rings. The van der Waals surface area contributed by atoms with Crippen LogP contribution in [0.15, 0.2) is 71.2 Å². The van der Waals surface area contributed by atoms with Crippen LogP contribution in [-0.4, -0.2) is 21.4 Å². The molecular formula is C23H27BrO3. The summed E-state index contributed by atoms with van der Waals surface area (Å²) in [5, 5.41) is 31.2. The fraction of sp³-hybridized carbons (Fsp3) is 0.304. The number of benzene rings is 2. The van der Waals surface area contributed by atoms with Crippen molar-refractivity contribution in [3.63, 3.8) is 0 Å². The lowest BCUT2D eigenvalue weighted by Gasteiger charge is -2.25. The van der Waals surface area contributed by atoms with Crippen LogP contribution in [0.5, 0.6) is 5.75 Å². The number of halogens is 1. The summed E-state index contributed by atoms with van der Waals surface area (Å²) in [7, 11) is 0. The van der Waals surface area contributed by atoms with Gasteiger partial charge in [0.05, 0.1) is 12.2 Å². The molecule has 0 aliphatic heterocycles. The molecule has 0 spiro atoms. The monoisotopic (exact) mass is 430 g/mol. The number of aliphatic hydroxyl groups excluding tert-OH is 2. The van der Waals surface area contributed by atoms with Crippen LogP contribution < -0.4 is 0 Å². The van der Waals surface area contributed by atoms with Crippen molar-refractivity contribution in [1.29, 1.82) is 0 Å². The maximum atomic E-state index is 10.6. The Hall–Kier alpha value is -1.88. The Labute approximate surface area is 169 Å². The predicted octanol–water partition coefficient (Wildman–Crippen LogP) is 5.63. The highest BCUT2D eigenvalue weighted by atomic mass is 79.9. The van der Waals surface area contributed by atoms with Crippen LogP contribution in [0.4, 0.5) is 0 Å². The Morgan fingerprint density at radius 1 is 1.15 bits per heavy atom. The standard InChI is InChI=1S/C23H27BrO3/c1-3-16(14-18-15-19(24)11-13-21(18)25)10-12-22(26)20(4-2)23(27)17-8-6-5-7-9-17/h4-9,11,13-15,20,22-23,25-27H,2-3,10,12H2,1H3/b16-14+/t20-,22-,23-/m1/s1. The first-order valence-electron chi connectivity index (χ1n) is 9.17. The second-order valence-electron chi connectivity index (χ2n) is 6.63. The van der Waals surface area contributed by atoms with Gasteiger partial charge in [-0.25, -0.2) is 0 Å². The average Bonchev–Trinajstić information content (AvgIpc) is 2.68. The Morgan fingerprint density at radius 3 is 2.48 bits per heavy atom. The molecule has 2 rings (SSSR count). The van der Waals surface area contributed by atoms with Gasteiger partial charge in [0.1, 0.15) is 5.75 Å². The van der Waals surface area contributed by atoms with Gasteiger partial charge in [0.25, 0.3) is 0 Å². The van der Waals surface area contributed by atoms with Crippen molar-refractivity contribution in [2.45, 2.75) is 38.4 Å². The maximum Gasteiger partial charge on any atom is 0.122 e. The van der Waals surface area contributed by atoms with E-state index in [-0.39, 0.29) is 5.75 Å². The van der Waals surface area contributed by atoms with E-state index in [9.17, 15) is 15.3 Å². The van der Waals surface area contributed by atoms with Crippen molar-refractivity contribution in [1.82, 2.24) is 0 Å². The number of phenolic OH excluding ortho intramolecular Hbond substituents is 1. The lowest BCUT2D eigenvalue weighted by atomic mass is 9.87. The molecule has 144 valence electrons. The zero-order valence-corrected chi connectivity index (χ0v) is 17.1. The van der Waals surface area contributed by atoms with Crippen molar-refractivity contribution in [2.75, 3.05) is 0 Å². The fourth-order valence-electron chi connectivity index (χ4n) is 3.11. The van der Waals surface area contributed by atoms with Gasteiger partial charge < -0.3 is 15.3 Å². The highest BCUT2D eigenvalue weighted by molar-refractivity contribution is 9.10. The molecule has 0 saturated heterocycles. The molecule has 3 N–H and O–H groups in total. The van der Waals surface area contributed by atoms with Gasteiger partial charge in [-0.1, -0.05) is 70.9 Å². The molecule has 0 aromatic heterocycles. The molecule has 0 radical (unpaired) electrons. The lowest BCUT2D eigenvalue weighted by Crippen LogP contribution is -2.25. The second-order valence-corrected chi connectivity index (χ2v) is 7.55. The van der Waals surface area contributed by atoms with Crippen LogP contribution >= 0.6 is 15.9 Å². The van der Waals surface area contributed by atoms with Gasteiger partial charge in [-0.3, -0.25) is 0 Å². The highest BCUT2D eigenvalue weighted by Crippen LogP contribution is 2.30. The summed E-state index contributed by atoms with van der Waals surface area (Å²) >= 11 is 3.42. The Balaban J connectivity index is 2.06. The van der Waals surface area contributed by atoms with Crippen LogP contribution in [0, 0.1) is 5.92 Å². The summed E-state index contributed by atoms with van der Waals surface area (Å²) < 4.78 is 0.903. The minimum absolute atomic E-state index is 0.230. The van der Waals surface area contributed by atoms with Crippen molar-refractivity contribution < 1.29 is 15.3 Å². The van der Waals surface area contributed by atoms with Gasteiger partial charge in [0.2, 0.25) is 0 Å². The van der Waals surface area contributed by atoms with Crippen molar-refractivity contribution >= 4 is 22.0 Å². The van der Waals surface area contributed by atoms with E-state index in [2.05, 4.69) is 29.4 Å². The number of aliphatic hydroxyl groups is 2. The Kier molecular flexibility index (Phi) is 8.29. The fourth-order valence-corrected chi connectivity index (χ4v) is 3.49. The lowest BCUT2D eigenvalue weighted by molar-refractivity contribution is 0.0318. The minimum Gasteiger partial charge on any atom is -0.507 e. The summed E-state index contributed by atoms with van der Waals surface area (Å²) in [6, 6.07) is 14.6. The molecule has 3 nitrogen and oxygen atoms in total. The molecule has 4 heteroatoms. The van der Waals surface area contributed by atoms with Crippen LogP contribution in [0.25, 0.3) is 6.08 Å². The normalized spacial score (nSPS) is 15.2. The molecule has 2 aromatic carbocycles. The number of hydrogen-bond acceptors (Lipinski definition) is 3. The molecule has 0 aliphatic rings. The first-order chi connectivity index (χ1) is 13.0. The van der Waals surface area contributed by atoms with Crippen LogP contribution in [0.3, 0.4) is 0 Å². The topological polar surface area (TPSA) is 60.7 Å². The molecule has 0 unspecified atom stereocenters. The Bertz CT molecular complexity index is 770. The summed E-state index contributed by atoms with van der Waals surface area (Å²) in [5.74, 6) is -0.210. The van der Waals surface area contributed by atoms with Crippen LogP contribution in [0.2, 0.25) is 0 Å². The van der Waals surface area contributed by atoms with Crippen molar-refractivity contribution in [3.8, 4) is 5.75 Å². The molecular weight excluding hydrogens is 404 g/mol. The van der Waals surface area contributed by atoms with E-state index in [1.54, 1.807) is 18.2 Å². The average molecular weight is 431 g/mol. The minimum atomic E-state index is -0.790. The number of aromatic hydroxyl groups is 1. The van der Waals surface area contributed by atoms with Gasteiger partial charge in [-0.2, -0.15) is 0 Å². The summed E-state index contributed by atoms with van der Waals surface area (Å²) in [6.45, 7) is 5.84. The van der Waals surface area contributed by atoms with E-state index in [0.29, 0.717) is 12.8 Å². The summed E-state index contributed by atoms with van der Waals surface area (Å²) in [6.07, 6.45) is 4.09. The predicted molar refractivity (Wildman–Crippen MR) is 114 cm³/mol. The van der Waals surface area contributed by atoms with Crippen LogP contribution in [0.1, 0.15) is 43.4 Å². The molecule has 27 heavy (non-hydrogen) atoms. The first kappa shape index (κ1) is 21.4. The van der Waals surface area contributed by atoms with E-state index in [1.807, 2.05) is 42.5 Å². The number of hydrogen-bond donors (Lipinski definition) is 3. The van der Waals surface area contributed by atoms with E-state index >= 15 is 0 Å². The first-order valence-corrected chi connectivity index (χ1v) is 9.97. The van der Waals surface area contributed by atoms with Gasteiger partial charge in [-0.15, -0.1) is 6.58 Å². The molecule has 0 amide bonds. The maximum absolute atomic E-state index is 10.6. The SMILES string of the molecule is C=C[C@H]([C@H](O)CC/C(=C/c1cc(Br)ccc1O)CC)[C@H](O)c1ccccc1. The Morgan fingerprint density at radius 2 is 1.85 bits per heavy atom. The molecule has 0 saturated carbocycles. The smallest absolute Gasteiger partial charge is 0.122 e. The van der Waals surface area contributed by atoms with Gasteiger partial charge in [0.15, 0.2) is 0 Å².